The molecule has 3 nitrogen and oxygen atoms in total. The van der Waals surface area contributed by atoms with Gasteiger partial charge in [0.25, 0.3) is 0 Å². The van der Waals surface area contributed by atoms with Crippen molar-refractivity contribution in [3.63, 3.8) is 0 Å². The van der Waals surface area contributed by atoms with Gasteiger partial charge in [-0.05, 0) is 45.0 Å². The molecule has 0 heterocycles. The maximum atomic E-state index is 5.69. The normalized spacial score (nSPS) is 16.1. The van der Waals surface area contributed by atoms with Crippen molar-refractivity contribution in [1.29, 1.82) is 0 Å². The number of likely N-dealkylation sites (N-methyl/N-ethyl adjacent to an activating group) is 1. The van der Waals surface area contributed by atoms with E-state index in [1.807, 2.05) is 26.1 Å². The molecule has 0 radical (unpaired) electrons. The van der Waals surface area contributed by atoms with Crippen molar-refractivity contribution in [1.82, 2.24) is 5.32 Å². The minimum absolute atomic E-state index is 0.146. The first-order valence-corrected chi connectivity index (χ1v) is 6.56. The Bertz CT molecular complexity index is 361. The molecule has 3 heteroatoms. The molecule has 0 saturated heterocycles. The smallest absolute Gasteiger partial charge is 0.119 e. The van der Waals surface area contributed by atoms with Crippen LogP contribution in [0.15, 0.2) is 24.3 Å². The highest BCUT2D eigenvalue weighted by Crippen LogP contribution is 2.32. The van der Waals surface area contributed by atoms with Gasteiger partial charge in [0.1, 0.15) is 5.75 Å². The highest BCUT2D eigenvalue weighted by Gasteiger charge is 2.32. The summed E-state index contributed by atoms with van der Waals surface area (Å²) in [5.41, 5.74) is 0.967. The van der Waals surface area contributed by atoms with Gasteiger partial charge >= 0.3 is 0 Å². The second-order valence-corrected chi connectivity index (χ2v) is 4.60. The maximum absolute atomic E-state index is 5.69. The topological polar surface area (TPSA) is 30.5 Å². The number of ether oxygens (including phenoxy) is 2. The average molecular weight is 251 g/mol. The molecule has 0 fully saturated rings. The molecule has 1 aromatic rings. The average Bonchev–Trinajstić information content (AvgIpc) is 2.40. The van der Waals surface area contributed by atoms with E-state index in [0.717, 1.165) is 12.2 Å². The summed E-state index contributed by atoms with van der Waals surface area (Å²) >= 11 is 0. The lowest BCUT2D eigenvalue weighted by Gasteiger charge is -2.36. The van der Waals surface area contributed by atoms with Crippen LogP contribution in [0, 0.1) is 0 Å². The third kappa shape index (κ3) is 3.24. The maximum Gasteiger partial charge on any atom is 0.119 e. The summed E-state index contributed by atoms with van der Waals surface area (Å²) in [5.74, 6) is 0.907. The molecule has 1 rings (SSSR count). The van der Waals surface area contributed by atoms with Gasteiger partial charge in [-0.15, -0.1) is 0 Å². The van der Waals surface area contributed by atoms with Gasteiger partial charge in [-0.25, -0.2) is 0 Å². The zero-order valence-electron chi connectivity index (χ0n) is 12.1. The van der Waals surface area contributed by atoms with Crippen LogP contribution in [-0.4, -0.2) is 26.4 Å². The lowest BCUT2D eigenvalue weighted by molar-refractivity contribution is -0.0280. The summed E-state index contributed by atoms with van der Waals surface area (Å²) in [6, 6.07) is 8.34. The number of hydrogen-bond donors (Lipinski definition) is 1. The van der Waals surface area contributed by atoms with E-state index >= 15 is 0 Å². The van der Waals surface area contributed by atoms with Gasteiger partial charge in [0.05, 0.1) is 18.2 Å². The van der Waals surface area contributed by atoms with Crippen molar-refractivity contribution in [3.8, 4) is 5.75 Å². The van der Waals surface area contributed by atoms with E-state index in [0.29, 0.717) is 6.61 Å². The molecule has 0 spiro atoms. The Labute approximate surface area is 110 Å². The van der Waals surface area contributed by atoms with Gasteiger partial charge in [0.15, 0.2) is 0 Å². The molecule has 18 heavy (non-hydrogen) atoms. The summed E-state index contributed by atoms with van der Waals surface area (Å²) in [4.78, 5) is 0. The van der Waals surface area contributed by atoms with Crippen LogP contribution in [0.1, 0.15) is 38.8 Å². The summed E-state index contributed by atoms with van der Waals surface area (Å²) in [7, 11) is 3.73. The minimum Gasteiger partial charge on any atom is -0.494 e. The van der Waals surface area contributed by atoms with E-state index in [2.05, 4.69) is 31.3 Å². The molecule has 1 aromatic carbocycles. The van der Waals surface area contributed by atoms with Crippen molar-refractivity contribution in [2.24, 2.45) is 0 Å². The third-order valence-corrected chi connectivity index (χ3v) is 3.57. The van der Waals surface area contributed by atoms with E-state index < -0.39 is 0 Å². The van der Waals surface area contributed by atoms with Crippen LogP contribution in [-0.2, 0) is 4.74 Å². The second-order valence-electron chi connectivity index (χ2n) is 4.60. The van der Waals surface area contributed by atoms with Gasteiger partial charge in [0.2, 0.25) is 0 Å². The Morgan fingerprint density at radius 3 is 2.56 bits per heavy atom. The van der Waals surface area contributed by atoms with Crippen LogP contribution in [0.3, 0.4) is 0 Å². The highest BCUT2D eigenvalue weighted by atomic mass is 16.5. The lowest BCUT2D eigenvalue weighted by Crippen LogP contribution is -2.41. The van der Waals surface area contributed by atoms with Gasteiger partial charge in [-0.1, -0.05) is 19.1 Å². The van der Waals surface area contributed by atoms with E-state index in [-0.39, 0.29) is 11.6 Å². The Kier molecular flexibility index (Phi) is 5.63. The molecular formula is C15H25NO2. The van der Waals surface area contributed by atoms with Crippen molar-refractivity contribution in [2.75, 3.05) is 20.8 Å². The van der Waals surface area contributed by atoms with Crippen molar-refractivity contribution in [3.05, 3.63) is 29.8 Å². The van der Waals surface area contributed by atoms with Crippen LogP contribution >= 0.6 is 0 Å². The highest BCUT2D eigenvalue weighted by molar-refractivity contribution is 5.32. The Balaban J connectivity index is 3.04. The molecule has 0 aromatic heterocycles. The van der Waals surface area contributed by atoms with Crippen LogP contribution in [0.2, 0.25) is 0 Å². The molecule has 2 atom stereocenters. The molecule has 1 N–H and O–H groups in total. The quantitative estimate of drug-likeness (QED) is 0.807. The summed E-state index contributed by atoms with van der Waals surface area (Å²) in [5, 5.41) is 3.35. The van der Waals surface area contributed by atoms with E-state index in [1.54, 1.807) is 7.11 Å². The first-order chi connectivity index (χ1) is 8.61. The molecule has 0 saturated carbocycles. The summed E-state index contributed by atoms with van der Waals surface area (Å²) in [6.45, 7) is 6.94. The molecule has 2 unspecified atom stereocenters. The number of hydrogen-bond acceptors (Lipinski definition) is 3. The first-order valence-electron chi connectivity index (χ1n) is 6.56. The summed E-state index contributed by atoms with van der Waals surface area (Å²) < 4.78 is 11.2. The SMILES string of the molecule is CCOc1cccc(C(NC)C(C)(CC)OC)c1. The predicted octanol–water partition coefficient (Wildman–Crippen LogP) is 3.16. The molecule has 0 aliphatic carbocycles. The fourth-order valence-corrected chi connectivity index (χ4v) is 2.24. The van der Waals surface area contributed by atoms with Crippen LogP contribution < -0.4 is 10.1 Å². The zero-order chi connectivity index (χ0) is 13.6. The fraction of sp³-hybridized carbons (Fsp3) is 0.600. The van der Waals surface area contributed by atoms with E-state index in [4.69, 9.17) is 9.47 Å². The molecule has 0 bridgehead atoms. The van der Waals surface area contributed by atoms with Gasteiger partial charge in [-0.2, -0.15) is 0 Å². The van der Waals surface area contributed by atoms with Crippen molar-refractivity contribution >= 4 is 0 Å². The van der Waals surface area contributed by atoms with Gasteiger partial charge in [0, 0.05) is 7.11 Å². The van der Waals surface area contributed by atoms with Crippen molar-refractivity contribution in [2.45, 2.75) is 38.8 Å². The molecular weight excluding hydrogens is 226 g/mol. The van der Waals surface area contributed by atoms with Gasteiger partial charge in [-0.3, -0.25) is 0 Å². The monoisotopic (exact) mass is 251 g/mol. The number of methoxy groups -OCH3 is 1. The largest absolute Gasteiger partial charge is 0.494 e. The Morgan fingerprint density at radius 2 is 2.06 bits per heavy atom. The molecule has 102 valence electrons. The zero-order valence-corrected chi connectivity index (χ0v) is 12.1. The van der Waals surface area contributed by atoms with Crippen LogP contribution in [0.25, 0.3) is 0 Å². The van der Waals surface area contributed by atoms with Gasteiger partial charge < -0.3 is 14.8 Å². The first kappa shape index (κ1) is 15.0. The standard InChI is InChI=1S/C15H25NO2/c1-6-15(3,17-5)14(16-4)12-9-8-10-13(11-12)18-7-2/h8-11,14,16H,6-7H2,1-5H3. The molecule has 0 aliphatic rings. The number of rotatable bonds is 7. The number of nitrogens with one attached hydrogen (secondary N) is 1. The van der Waals surface area contributed by atoms with Crippen LogP contribution in [0.5, 0.6) is 5.75 Å². The van der Waals surface area contributed by atoms with Crippen molar-refractivity contribution < 1.29 is 9.47 Å². The minimum atomic E-state index is -0.223. The fourth-order valence-electron chi connectivity index (χ4n) is 2.24. The number of benzene rings is 1. The Hall–Kier alpha value is -1.06. The Morgan fingerprint density at radius 1 is 1.33 bits per heavy atom. The molecule has 0 aliphatic heterocycles. The summed E-state index contributed by atoms with van der Waals surface area (Å²) in [6.07, 6.45) is 0.938. The predicted molar refractivity (Wildman–Crippen MR) is 75.1 cm³/mol. The van der Waals surface area contributed by atoms with E-state index in [9.17, 15) is 0 Å². The second kappa shape index (κ2) is 6.76. The molecule has 0 amide bonds. The lowest BCUT2D eigenvalue weighted by atomic mass is 9.87. The van der Waals surface area contributed by atoms with E-state index in [1.165, 1.54) is 5.56 Å². The van der Waals surface area contributed by atoms with Crippen LogP contribution in [0.4, 0.5) is 0 Å². The third-order valence-electron chi connectivity index (χ3n) is 3.57.